The van der Waals surface area contributed by atoms with Crippen molar-refractivity contribution in [1.82, 2.24) is 0 Å². The highest BCUT2D eigenvalue weighted by atomic mass is 35.5. The second-order valence-corrected chi connectivity index (χ2v) is 5.66. The predicted octanol–water partition coefficient (Wildman–Crippen LogP) is 4.85. The molecule has 0 aliphatic rings. The summed E-state index contributed by atoms with van der Waals surface area (Å²) < 4.78 is 0. The first kappa shape index (κ1) is 14.4. The molecule has 2 N–H and O–H groups in total. The summed E-state index contributed by atoms with van der Waals surface area (Å²) in [5, 5.41) is 1.11. The number of halogens is 2. The molecule has 0 bridgehead atoms. The molecule has 1 nitrogen and oxygen atoms in total. The normalized spacial score (nSPS) is 12.5. The Kier molecular flexibility index (Phi) is 4.51. The molecule has 0 spiro atoms. The third-order valence-corrected chi connectivity index (χ3v) is 4.24. The van der Waals surface area contributed by atoms with Crippen LogP contribution in [0.2, 0.25) is 10.0 Å². The highest BCUT2D eigenvalue weighted by Gasteiger charge is 2.13. The van der Waals surface area contributed by atoms with E-state index in [9.17, 15) is 0 Å². The Morgan fingerprint density at radius 2 is 1.79 bits per heavy atom. The Hall–Kier alpha value is -1.02. The summed E-state index contributed by atoms with van der Waals surface area (Å²) >= 11 is 12.2. The van der Waals surface area contributed by atoms with Crippen LogP contribution in [0.5, 0.6) is 0 Å². The maximum absolute atomic E-state index is 6.24. The standard InChI is InChI=1S/C16H17Cl2N/c1-10-6-7-12(8-11(10)2)9-15(19)13-4-3-5-14(17)16(13)18/h3-8,15H,9,19H2,1-2H3. The van der Waals surface area contributed by atoms with Crippen LogP contribution in [0, 0.1) is 13.8 Å². The van der Waals surface area contributed by atoms with E-state index in [1.54, 1.807) is 6.07 Å². The molecule has 19 heavy (non-hydrogen) atoms. The zero-order chi connectivity index (χ0) is 14.0. The van der Waals surface area contributed by atoms with Gasteiger partial charge in [0.1, 0.15) is 0 Å². The quantitative estimate of drug-likeness (QED) is 0.860. The van der Waals surface area contributed by atoms with Gasteiger partial charge >= 0.3 is 0 Å². The van der Waals surface area contributed by atoms with Crippen LogP contribution in [0.25, 0.3) is 0 Å². The molecule has 0 amide bonds. The van der Waals surface area contributed by atoms with Gasteiger partial charge in [-0.05, 0) is 48.6 Å². The number of hydrogen-bond donors (Lipinski definition) is 1. The van der Waals surface area contributed by atoms with Crippen molar-refractivity contribution < 1.29 is 0 Å². The van der Waals surface area contributed by atoms with E-state index in [4.69, 9.17) is 28.9 Å². The molecule has 0 saturated carbocycles. The van der Waals surface area contributed by atoms with Crippen molar-refractivity contribution in [2.75, 3.05) is 0 Å². The lowest BCUT2D eigenvalue weighted by Crippen LogP contribution is -2.14. The average molecular weight is 294 g/mol. The van der Waals surface area contributed by atoms with Gasteiger partial charge in [-0.2, -0.15) is 0 Å². The van der Waals surface area contributed by atoms with Gasteiger partial charge in [0.05, 0.1) is 10.0 Å². The topological polar surface area (TPSA) is 26.0 Å². The fourth-order valence-electron chi connectivity index (χ4n) is 2.10. The van der Waals surface area contributed by atoms with Gasteiger partial charge in [-0.25, -0.2) is 0 Å². The Labute approximate surface area is 124 Å². The molecule has 1 atom stereocenters. The van der Waals surface area contributed by atoms with Gasteiger partial charge in [0.25, 0.3) is 0 Å². The summed E-state index contributed by atoms with van der Waals surface area (Å²) in [5.74, 6) is 0. The van der Waals surface area contributed by atoms with E-state index in [1.165, 1.54) is 16.7 Å². The maximum atomic E-state index is 6.24. The molecule has 0 heterocycles. The van der Waals surface area contributed by atoms with E-state index in [2.05, 4.69) is 32.0 Å². The van der Waals surface area contributed by atoms with Crippen LogP contribution in [-0.2, 0) is 6.42 Å². The molecule has 100 valence electrons. The molecular formula is C16H17Cl2N. The van der Waals surface area contributed by atoms with E-state index in [0.717, 1.165) is 12.0 Å². The Balaban J connectivity index is 2.23. The number of hydrogen-bond acceptors (Lipinski definition) is 1. The van der Waals surface area contributed by atoms with Gasteiger partial charge in [0.15, 0.2) is 0 Å². The zero-order valence-electron chi connectivity index (χ0n) is 11.1. The average Bonchev–Trinajstić information content (AvgIpc) is 2.37. The summed E-state index contributed by atoms with van der Waals surface area (Å²) in [6, 6.07) is 11.8. The first-order valence-corrected chi connectivity index (χ1v) is 7.00. The highest BCUT2D eigenvalue weighted by Crippen LogP contribution is 2.30. The van der Waals surface area contributed by atoms with Crippen molar-refractivity contribution >= 4 is 23.2 Å². The van der Waals surface area contributed by atoms with E-state index in [1.807, 2.05) is 12.1 Å². The molecular weight excluding hydrogens is 277 g/mol. The molecule has 3 heteroatoms. The Morgan fingerprint density at radius 1 is 1.05 bits per heavy atom. The fraction of sp³-hybridized carbons (Fsp3) is 0.250. The lowest BCUT2D eigenvalue weighted by Gasteiger charge is -2.15. The third kappa shape index (κ3) is 3.30. The second kappa shape index (κ2) is 5.96. The summed E-state index contributed by atoms with van der Waals surface area (Å²) in [7, 11) is 0. The largest absolute Gasteiger partial charge is 0.324 e. The summed E-state index contributed by atoms with van der Waals surface area (Å²) in [6.07, 6.45) is 0.751. The van der Waals surface area contributed by atoms with E-state index < -0.39 is 0 Å². The van der Waals surface area contributed by atoms with Gasteiger partial charge in [0.2, 0.25) is 0 Å². The van der Waals surface area contributed by atoms with Crippen LogP contribution in [-0.4, -0.2) is 0 Å². The minimum absolute atomic E-state index is 0.145. The monoisotopic (exact) mass is 293 g/mol. The molecule has 0 saturated heterocycles. The van der Waals surface area contributed by atoms with Gasteiger partial charge in [0, 0.05) is 6.04 Å². The van der Waals surface area contributed by atoms with Crippen LogP contribution in [0.4, 0.5) is 0 Å². The summed E-state index contributed by atoms with van der Waals surface area (Å²) in [6.45, 7) is 4.21. The molecule has 2 aromatic rings. The minimum atomic E-state index is -0.145. The Morgan fingerprint density at radius 3 is 2.47 bits per heavy atom. The molecule has 0 aliphatic heterocycles. The molecule has 2 rings (SSSR count). The molecule has 0 aromatic heterocycles. The van der Waals surface area contributed by atoms with Crippen LogP contribution in [0.3, 0.4) is 0 Å². The smallest absolute Gasteiger partial charge is 0.0640 e. The van der Waals surface area contributed by atoms with Crippen LogP contribution >= 0.6 is 23.2 Å². The number of nitrogens with two attached hydrogens (primary N) is 1. The SMILES string of the molecule is Cc1ccc(CC(N)c2cccc(Cl)c2Cl)cc1C. The molecule has 0 radical (unpaired) electrons. The maximum Gasteiger partial charge on any atom is 0.0640 e. The first-order chi connectivity index (χ1) is 8.99. The molecule has 2 aromatic carbocycles. The van der Waals surface area contributed by atoms with Crippen molar-refractivity contribution in [2.24, 2.45) is 5.73 Å². The van der Waals surface area contributed by atoms with Crippen molar-refractivity contribution in [3.05, 3.63) is 68.7 Å². The van der Waals surface area contributed by atoms with Crippen LogP contribution < -0.4 is 5.73 Å². The van der Waals surface area contributed by atoms with Gasteiger partial charge in [-0.15, -0.1) is 0 Å². The van der Waals surface area contributed by atoms with E-state index in [-0.39, 0.29) is 6.04 Å². The Bertz CT molecular complexity index is 593. The number of aryl methyl sites for hydroxylation is 2. The lowest BCUT2D eigenvalue weighted by atomic mass is 9.97. The zero-order valence-corrected chi connectivity index (χ0v) is 12.6. The summed E-state index contributed by atoms with van der Waals surface area (Å²) in [4.78, 5) is 0. The van der Waals surface area contributed by atoms with Gasteiger partial charge < -0.3 is 5.73 Å². The highest BCUT2D eigenvalue weighted by molar-refractivity contribution is 6.42. The van der Waals surface area contributed by atoms with E-state index >= 15 is 0 Å². The number of benzene rings is 2. The van der Waals surface area contributed by atoms with Crippen molar-refractivity contribution in [3.8, 4) is 0 Å². The minimum Gasteiger partial charge on any atom is -0.324 e. The molecule has 1 unspecified atom stereocenters. The van der Waals surface area contributed by atoms with Crippen molar-refractivity contribution in [3.63, 3.8) is 0 Å². The lowest BCUT2D eigenvalue weighted by molar-refractivity contribution is 0.721. The van der Waals surface area contributed by atoms with E-state index in [0.29, 0.717) is 10.0 Å². The van der Waals surface area contributed by atoms with Gasteiger partial charge in [-0.1, -0.05) is 53.5 Å². The second-order valence-electron chi connectivity index (χ2n) is 4.87. The van der Waals surface area contributed by atoms with Crippen molar-refractivity contribution in [1.29, 1.82) is 0 Å². The first-order valence-electron chi connectivity index (χ1n) is 6.24. The summed E-state index contributed by atoms with van der Waals surface area (Å²) in [5.41, 5.74) is 10.9. The fourth-order valence-corrected chi connectivity index (χ4v) is 2.55. The molecule has 0 fully saturated rings. The van der Waals surface area contributed by atoms with Crippen LogP contribution in [0.15, 0.2) is 36.4 Å². The van der Waals surface area contributed by atoms with Crippen LogP contribution in [0.1, 0.15) is 28.3 Å². The molecule has 0 aliphatic carbocycles. The predicted molar refractivity (Wildman–Crippen MR) is 83.0 cm³/mol. The van der Waals surface area contributed by atoms with Crippen molar-refractivity contribution in [2.45, 2.75) is 26.3 Å². The number of rotatable bonds is 3. The third-order valence-electron chi connectivity index (χ3n) is 3.41. The van der Waals surface area contributed by atoms with Gasteiger partial charge in [-0.3, -0.25) is 0 Å².